The van der Waals surface area contributed by atoms with Gasteiger partial charge in [-0.25, -0.2) is 0 Å². The first-order chi connectivity index (χ1) is 15.2. The molecule has 32 heavy (non-hydrogen) atoms. The summed E-state index contributed by atoms with van der Waals surface area (Å²) in [6.07, 6.45) is -1.58. The molecule has 0 heterocycles. The average molecular weight is 436 g/mol. The highest BCUT2D eigenvalue weighted by molar-refractivity contribution is 6.09. The maximum absolute atomic E-state index is 13.2. The van der Waals surface area contributed by atoms with Crippen LogP contribution in [0.3, 0.4) is 0 Å². The van der Waals surface area contributed by atoms with Crippen LogP contribution in [-0.4, -0.2) is 42.0 Å². The highest BCUT2D eigenvalue weighted by Gasteiger charge is 2.41. The second-order valence-corrected chi connectivity index (χ2v) is 7.46. The van der Waals surface area contributed by atoms with Crippen LogP contribution >= 0.6 is 0 Å². The first kappa shape index (κ1) is 22.9. The van der Waals surface area contributed by atoms with Crippen molar-refractivity contribution < 1.29 is 33.4 Å². The van der Waals surface area contributed by atoms with Gasteiger partial charge >= 0.3 is 17.9 Å². The molecule has 3 atom stereocenters. The molecule has 0 fully saturated rings. The molecule has 0 amide bonds. The van der Waals surface area contributed by atoms with Crippen molar-refractivity contribution in [2.24, 2.45) is 0 Å². The zero-order valence-corrected chi connectivity index (χ0v) is 18.1. The topological polar surface area (TPSA) is 96.0 Å². The highest BCUT2D eigenvalue weighted by atomic mass is 16.6. The summed E-state index contributed by atoms with van der Waals surface area (Å²) in [6, 6.07) is 16.9. The van der Waals surface area contributed by atoms with Gasteiger partial charge in [0.2, 0.25) is 0 Å². The van der Waals surface area contributed by atoms with Gasteiger partial charge in [0.25, 0.3) is 0 Å². The summed E-state index contributed by atoms with van der Waals surface area (Å²) < 4.78 is 15.9. The molecule has 7 nitrogen and oxygen atoms in total. The number of hydrogen-bond donors (Lipinski definition) is 0. The van der Waals surface area contributed by atoms with E-state index in [1.165, 1.54) is 26.8 Å². The Bertz CT molecular complexity index is 1040. The van der Waals surface area contributed by atoms with E-state index in [1.807, 2.05) is 42.5 Å². The van der Waals surface area contributed by atoms with E-state index in [-0.39, 0.29) is 12.2 Å². The predicted octanol–water partition coefficient (Wildman–Crippen LogP) is 3.66. The maximum atomic E-state index is 13.2. The van der Waals surface area contributed by atoms with Crippen molar-refractivity contribution in [3.05, 3.63) is 71.8 Å². The van der Waals surface area contributed by atoms with Crippen molar-refractivity contribution in [2.75, 3.05) is 0 Å². The van der Waals surface area contributed by atoms with E-state index >= 15 is 0 Å². The molecule has 0 radical (unpaired) electrons. The Labute approximate surface area is 186 Å². The summed E-state index contributed by atoms with van der Waals surface area (Å²) in [6.45, 7) is 3.63. The molecule has 7 heteroatoms. The summed E-state index contributed by atoms with van der Waals surface area (Å²) in [7, 11) is 0. The minimum Gasteiger partial charge on any atom is -0.458 e. The molecule has 166 valence electrons. The lowest BCUT2D eigenvalue weighted by atomic mass is 9.87. The third-order valence-corrected chi connectivity index (χ3v) is 4.94. The number of Topliss-reactive ketones (excluding diaryl/α,β-unsaturated/α-hetero) is 1. The molecular formula is C25H24O7. The van der Waals surface area contributed by atoms with Crippen LogP contribution < -0.4 is 0 Å². The smallest absolute Gasteiger partial charge is 0.303 e. The highest BCUT2D eigenvalue weighted by Crippen LogP contribution is 2.30. The Morgan fingerprint density at radius 1 is 0.719 bits per heavy atom. The average Bonchev–Trinajstić information content (AvgIpc) is 2.75. The van der Waals surface area contributed by atoms with Crippen molar-refractivity contribution in [3.63, 3.8) is 0 Å². The number of carbonyl (C=O) groups excluding carboxylic acids is 4. The number of esters is 3. The summed E-state index contributed by atoms with van der Waals surface area (Å²) in [5, 5.41) is 0. The Kier molecular flexibility index (Phi) is 7.20. The number of benzene rings is 2. The van der Waals surface area contributed by atoms with Crippen LogP contribution in [0.25, 0.3) is 11.1 Å². The van der Waals surface area contributed by atoms with Crippen molar-refractivity contribution in [1.82, 2.24) is 0 Å². The van der Waals surface area contributed by atoms with Crippen LogP contribution in [0, 0.1) is 0 Å². The van der Waals surface area contributed by atoms with Crippen LogP contribution in [0.15, 0.2) is 66.2 Å². The lowest BCUT2D eigenvalue weighted by Crippen LogP contribution is -2.47. The van der Waals surface area contributed by atoms with E-state index < -0.39 is 36.2 Å². The number of ether oxygens (including phenoxy) is 3. The molecule has 1 aliphatic rings. The summed E-state index contributed by atoms with van der Waals surface area (Å²) in [4.78, 5) is 48.0. The predicted molar refractivity (Wildman–Crippen MR) is 116 cm³/mol. The number of rotatable bonds is 6. The van der Waals surface area contributed by atoms with Crippen molar-refractivity contribution in [2.45, 2.75) is 45.5 Å². The number of hydrogen-bond acceptors (Lipinski definition) is 7. The van der Waals surface area contributed by atoms with E-state index in [4.69, 9.17) is 14.2 Å². The second-order valence-electron chi connectivity index (χ2n) is 7.46. The molecule has 0 aliphatic heterocycles. The molecule has 3 rings (SSSR count). The molecular weight excluding hydrogens is 412 g/mol. The summed E-state index contributed by atoms with van der Waals surface area (Å²) >= 11 is 0. The van der Waals surface area contributed by atoms with Crippen molar-refractivity contribution in [1.29, 1.82) is 0 Å². The van der Waals surface area contributed by atoms with Gasteiger partial charge in [0.1, 0.15) is 6.10 Å². The molecule has 0 unspecified atom stereocenters. The largest absolute Gasteiger partial charge is 0.458 e. The Hall–Kier alpha value is -3.74. The lowest BCUT2D eigenvalue weighted by molar-refractivity contribution is -0.180. The van der Waals surface area contributed by atoms with Crippen LogP contribution in [0.1, 0.15) is 37.6 Å². The standard InChI is InChI=1S/C25H24O7/c1-15(26)30-22-13-21(14-23(31-16(2)27)25(22)32-17(3)28)24(29)20-11-9-19(10-12-20)18-7-5-4-6-8-18/h4-13,22-23,25H,14H2,1-3H3/t22-,23-,25-/m1/s1. The van der Waals surface area contributed by atoms with Gasteiger partial charge in [0, 0.05) is 38.3 Å². The second kappa shape index (κ2) is 10.0. The van der Waals surface area contributed by atoms with Gasteiger partial charge in [0.05, 0.1) is 0 Å². The quantitative estimate of drug-likeness (QED) is 0.387. The van der Waals surface area contributed by atoms with Crippen molar-refractivity contribution >= 4 is 23.7 Å². The SMILES string of the molecule is CC(=O)O[C@@H]1[C@H](OC(C)=O)C=C(C(=O)c2ccc(-c3ccccc3)cc2)C[C@H]1OC(C)=O. The molecule has 0 aromatic heterocycles. The number of ketones is 1. The van der Waals surface area contributed by atoms with E-state index in [2.05, 4.69) is 0 Å². The molecule has 2 aromatic carbocycles. The fourth-order valence-corrected chi connectivity index (χ4v) is 3.65. The molecule has 0 saturated carbocycles. The van der Waals surface area contributed by atoms with E-state index in [9.17, 15) is 19.2 Å². The Morgan fingerprint density at radius 2 is 1.28 bits per heavy atom. The first-order valence-electron chi connectivity index (χ1n) is 10.2. The van der Waals surface area contributed by atoms with Gasteiger partial charge in [-0.3, -0.25) is 19.2 Å². The van der Waals surface area contributed by atoms with Gasteiger partial charge in [-0.15, -0.1) is 0 Å². The van der Waals surface area contributed by atoms with Crippen molar-refractivity contribution in [3.8, 4) is 11.1 Å². The first-order valence-corrected chi connectivity index (χ1v) is 10.2. The van der Waals surface area contributed by atoms with Gasteiger partial charge in [0.15, 0.2) is 18.0 Å². The third-order valence-electron chi connectivity index (χ3n) is 4.94. The molecule has 1 aliphatic carbocycles. The molecule has 0 saturated heterocycles. The summed E-state index contributed by atoms with van der Waals surface area (Å²) in [5.41, 5.74) is 2.73. The van der Waals surface area contributed by atoms with Gasteiger partial charge < -0.3 is 14.2 Å². The minimum absolute atomic E-state index is 0.0224. The maximum Gasteiger partial charge on any atom is 0.303 e. The molecule has 0 spiro atoms. The van der Waals surface area contributed by atoms with Crippen LogP contribution in [0.4, 0.5) is 0 Å². The lowest BCUT2D eigenvalue weighted by Gasteiger charge is -2.34. The fraction of sp³-hybridized carbons (Fsp3) is 0.280. The van der Waals surface area contributed by atoms with E-state index in [1.54, 1.807) is 12.1 Å². The van der Waals surface area contributed by atoms with Crippen LogP contribution in [0.2, 0.25) is 0 Å². The van der Waals surface area contributed by atoms with Crippen LogP contribution in [0.5, 0.6) is 0 Å². The molecule has 0 bridgehead atoms. The zero-order valence-electron chi connectivity index (χ0n) is 18.1. The van der Waals surface area contributed by atoms with Crippen LogP contribution in [-0.2, 0) is 28.6 Å². The minimum atomic E-state index is -1.06. The zero-order chi connectivity index (χ0) is 23.3. The van der Waals surface area contributed by atoms with Gasteiger partial charge in [-0.1, -0.05) is 54.6 Å². The van der Waals surface area contributed by atoms with Gasteiger partial charge in [-0.2, -0.15) is 0 Å². The Balaban J connectivity index is 1.90. The Morgan fingerprint density at radius 3 is 1.84 bits per heavy atom. The monoisotopic (exact) mass is 436 g/mol. The summed E-state index contributed by atoms with van der Waals surface area (Å²) in [5.74, 6) is -2.13. The number of carbonyl (C=O) groups is 4. The molecule has 2 aromatic rings. The van der Waals surface area contributed by atoms with E-state index in [0.717, 1.165) is 11.1 Å². The third kappa shape index (κ3) is 5.69. The fourth-order valence-electron chi connectivity index (χ4n) is 3.65. The normalized spacial score (nSPS) is 20.0. The molecule has 0 N–H and O–H groups in total. The van der Waals surface area contributed by atoms with Gasteiger partial charge in [-0.05, 0) is 17.2 Å². The van der Waals surface area contributed by atoms with E-state index in [0.29, 0.717) is 11.1 Å².